The quantitative estimate of drug-likeness (QED) is 0.595. The first kappa shape index (κ1) is 10.3. The fraction of sp³-hybridized carbons (Fsp3) is 0.500. The molecule has 0 aliphatic carbocycles. The van der Waals surface area contributed by atoms with Crippen LogP contribution in [-0.2, 0) is 0 Å². The summed E-state index contributed by atoms with van der Waals surface area (Å²) in [5, 5.41) is 0. The fourth-order valence-electron chi connectivity index (χ4n) is 1.62. The minimum atomic E-state index is 1.10. The monoisotopic (exact) mass is 177 g/mol. The molecule has 1 fully saturated rings. The van der Waals surface area contributed by atoms with Gasteiger partial charge in [0.2, 0.25) is 0 Å². The minimum absolute atomic E-state index is 1.10. The van der Waals surface area contributed by atoms with Crippen molar-refractivity contribution in [2.24, 2.45) is 0 Å². The lowest BCUT2D eigenvalue weighted by Crippen LogP contribution is -2.28. The van der Waals surface area contributed by atoms with Gasteiger partial charge in [0.25, 0.3) is 0 Å². The molecule has 0 aromatic rings. The van der Waals surface area contributed by atoms with Crippen LogP contribution in [0, 0.1) is 0 Å². The van der Waals surface area contributed by atoms with E-state index < -0.39 is 0 Å². The maximum atomic E-state index is 2.36. The molecule has 1 rings (SSSR count). The lowest BCUT2D eigenvalue weighted by Gasteiger charge is -2.26. The smallest absolute Gasteiger partial charge is 0.0230 e. The zero-order valence-corrected chi connectivity index (χ0v) is 8.88. The van der Waals surface area contributed by atoms with E-state index in [0.717, 1.165) is 6.54 Å². The summed E-state index contributed by atoms with van der Waals surface area (Å²) in [7, 11) is 2.18. The van der Waals surface area contributed by atoms with Gasteiger partial charge in [-0.3, -0.25) is 0 Å². The van der Waals surface area contributed by atoms with Gasteiger partial charge in [-0.1, -0.05) is 24.3 Å². The molecule has 0 aromatic carbocycles. The van der Waals surface area contributed by atoms with Crippen molar-refractivity contribution >= 4 is 0 Å². The van der Waals surface area contributed by atoms with Crippen LogP contribution in [0.15, 0.2) is 35.5 Å². The normalized spacial score (nSPS) is 26.4. The molecular weight excluding hydrogens is 158 g/mol. The molecule has 0 aromatic heterocycles. The first-order chi connectivity index (χ1) is 6.27. The topological polar surface area (TPSA) is 3.24 Å². The van der Waals surface area contributed by atoms with Gasteiger partial charge >= 0.3 is 0 Å². The zero-order valence-electron chi connectivity index (χ0n) is 8.88. The van der Waals surface area contributed by atoms with E-state index in [2.05, 4.69) is 50.1 Å². The van der Waals surface area contributed by atoms with Crippen molar-refractivity contribution in [1.82, 2.24) is 4.90 Å². The Labute approximate surface area is 81.4 Å². The van der Waals surface area contributed by atoms with Crippen LogP contribution >= 0.6 is 0 Å². The van der Waals surface area contributed by atoms with Crippen molar-refractivity contribution in [2.75, 3.05) is 20.1 Å². The van der Waals surface area contributed by atoms with E-state index in [9.17, 15) is 0 Å². The van der Waals surface area contributed by atoms with Gasteiger partial charge in [-0.15, -0.1) is 0 Å². The number of hydrogen-bond acceptors (Lipinski definition) is 1. The molecule has 0 bridgehead atoms. The van der Waals surface area contributed by atoms with E-state index in [-0.39, 0.29) is 0 Å². The van der Waals surface area contributed by atoms with Gasteiger partial charge in [-0.2, -0.15) is 0 Å². The molecule has 13 heavy (non-hydrogen) atoms. The van der Waals surface area contributed by atoms with Crippen molar-refractivity contribution in [3.8, 4) is 0 Å². The Bertz CT molecular complexity index is 246. The second-order valence-corrected chi connectivity index (χ2v) is 3.52. The average Bonchev–Trinajstić information content (AvgIpc) is 2.16. The molecule has 1 saturated heterocycles. The predicted octanol–water partition coefficient (Wildman–Crippen LogP) is 2.77. The standard InChI is InChI=1S/C12H19N/c1-4-6-7-12-8-9-13(3)10-11(12)5-2/h4-7H,8-10H2,1-3H3/b6-4-,11-5-,12-7-. The number of likely N-dealkylation sites (N-methyl/N-ethyl adjacent to an activating group) is 1. The third-order valence-corrected chi connectivity index (χ3v) is 2.45. The van der Waals surface area contributed by atoms with E-state index in [0.29, 0.717) is 0 Å². The van der Waals surface area contributed by atoms with Crippen LogP contribution < -0.4 is 0 Å². The van der Waals surface area contributed by atoms with E-state index in [1.54, 1.807) is 0 Å². The Kier molecular flexibility index (Phi) is 3.97. The van der Waals surface area contributed by atoms with E-state index in [4.69, 9.17) is 0 Å². The predicted molar refractivity (Wildman–Crippen MR) is 58.8 cm³/mol. The molecule has 0 spiro atoms. The average molecular weight is 177 g/mol. The molecule has 0 unspecified atom stereocenters. The van der Waals surface area contributed by atoms with Crippen LogP contribution in [0.1, 0.15) is 20.3 Å². The van der Waals surface area contributed by atoms with Gasteiger partial charge in [0.15, 0.2) is 0 Å². The second-order valence-electron chi connectivity index (χ2n) is 3.52. The summed E-state index contributed by atoms with van der Waals surface area (Å²) in [5.74, 6) is 0. The van der Waals surface area contributed by atoms with Crippen LogP contribution in [0.5, 0.6) is 0 Å². The Morgan fingerprint density at radius 3 is 2.62 bits per heavy atom. The minimum Gasteiger partial charge on any atom is -0.302 e. The molecule has 1 heteroatoms. The van der Waals surface area contributed by atoms with Gasteiger partial charge < -0.3 is 4.90 Å². The summed E-state index contributed by atoms with van der Waals surface area (Å²) >= 11 is 0. The third-order valence-electron chi connectivity index (χ3n) is 2.45. The van der Waals surface area contributed by atoms with Crippen LogP contribution in [0.25, 0.3) is 0 Å². The van der Waals surface area contributed by atoms with Crippen molar-refractivity contribution in [3.05, 3.63) is 35.5 Å². The zero-order chi connectivity index (χ0) is 9.68. The first-order valence-electron chi connectivity index (χ1n) is 4.94. The lowest BCUT2D eigenvalue weighted by atomic mass is 9.97. The number of hydrogen-bond donors (Lipinski definition) is 0. The van der Waals surface area contributed by atoms with Crippen LogP contribution in [0.2, 0.25) is 0 Å². The number of nitrogens with zero attached hydrogens (tertiary/aromatic N) is 1. The summed E-state index contributed by atoms with van der Waals surface area (Å²) in [6.45, 7) is 6.46. The van der Waals surface area contributed by atoms with Crippen LogP contribution in [0.3, 0.4) is 0 Å². The highest BCUT2D eigenvalue weighted by molar-refractivity contribution is 5.36. The van der Waals surface area contributed by atoms with E-state index in [1.807, 2.05) is 0 Å². The molecule has 0 radical (unpaired) electrons. The van der Waals surface area contributed by atoms with Crippen LogP contribution in [-0.4, -0.2) is 25.0 Å². The van der Waals surface area contributed by atoms with Crippen molar-refractivity contribution in [2.45, 2.75) is 20.3 Å². The Hall–Kier alpha value is -0.820. The number of allylic oxidation sites excluding steroid dienone is 4. The first-order valence-corrected chi connectivity index (χ1v) is 4.94. The number of piperidine rings is 1. The highest BCUT2D eigenvalue weighted by Crippen LogP contribution is 2.20. The Morgan fingerprint density at radius 1 is 1.23 bits per heavy atom. The lowest BCUT2D eigenvalue weighted by molar-refractivity contribution is 0.348. The maximum absolute atomic E-state index is 2.36. The number of likely N-dealkylation sites (tertiary alicyclic amines) is 1. The second kappa shape index (κ2) is 5.03. The van der Waals surface area contributed by atoms with E-state index >= 15 is 0 Å². The summed E-state index contributed by atoms with van der Waals surface area (Å²) in [6.07, 6.45) is 9.86. The Balaban J connectivity index is 2.74. The molecule has 1 aliphatic rings. The van der Waals surface area contributed by atoms with Gasteiger partial charge in [-0.05, 0) is 38.5 Å². The molecule has 72 valence electrons. The summed E-state index contributed by atoms with van der Waals surface area (Å²) in [4.78, 5) is 2.36. The fourth-order valence-corrected chi connectivity index (χ4v) is 1.62. The van der Waals surface area contributed by atoms with Crippen LogP contribution in [0.4, 0.5) is 0 Å². The van der Waals surface area contributed by atoms with Gasteiger partial charge in [0.05, 0.1) is 0 Å². The molecule has 0 atom stereocenters. The highest BCUT2D eigenvalue weighted by Gasteiger charge is 2.13. The van der Waals surface area contributed by atoms with Gasteiger partial charge in [0.1, 0.15) is 0 Å². The Morgan fingerprint density at radius 2 is 2.00 bits per heavy atom. The summed E-state index contributed by atoms with van der Waals surface area (Å²) < 4.78 is 0. The SMILES string of the molecule is C\C=C/C=C1/CCN(C)C/C1=C/C. The third kappa shape index (κ3) is 2.85. The maximum Gasteiger partial charge on any atom is 0.0230 e. The van der Waals surface area contributed by atoms with Gasteiger partial charge in [0, 0.05) is 13.1 Å². The largest absolute Gasteiger partial charge is 0.302 e. The molecule has 1 nitrogen and oxygen atoms in total. The highest BCUT2D eigenvalue weighted by atomic mass is 15.1. The van der Waals surface area contributed by atoms with E-state index in [1.165, 1.54) is 24.1 Å². The van der Waals surface area contributed by atoms with Gasteiger partial charge in [-0.25, -0.2) is 0 Å². The molecule has 0 N–H and O–H groups in total. The molecule has 0 saturated carbocycles. The van der Waals surface area contributed by atoms with Crippen molar-refractivity contribution in [1.29, 1.82) is 0 Å². The molecule has 1 heterocycles. The summed E-state index contributed by atoms with van der Waals surface area (Å²) in [6, 6.07) is 0. The summed E-state index contributed by atoms with van der Waals surface area (Å²) in [5.41, 5.74) is 2.98. The molecule has 0 amide bonds. The molecular formula is C12H19N. The van der Waals surface area contributed by atoms with Crippen molar-refractivity contribution < 1.29 is 0 Å². The number of rotatable bonds is 1. The molecule has 1 aliphatic heterocycles. The van der Waals surface area contributed by atoms with Crippen molar-refractivity contribution in [3.63, 3.8) is 0 Å².